The molecule has 0 bridgehead atoms. The lowest BCUT2D eigenvalue weighted by atomic mass is 10.2. The third-order valence-corrected chi connectivity index (χ3v) is 2.60. The average Bonchev–Trinajstić information content (AvgIpc) is 2.96. The Morgan fingerprint density at radius 1 is 1.42 bits per heavy atom. The molecule has 0 spiro atoms. The molecule has 2 aromatic rings. The molecular weight excluding hydrogens is 242 g/mol. The molecule has 0 unspecified atom stereocenters. The minimum atomic E-state index is -0.193. The van der Waals surface area contributed by atoms with Crippen LogP contribution in [0.2, 0.25) is 0 Å². The normalized spacial score (nSPS) is 10.2. The van der Waals surface area contributed by atoms with E-state index in [-0.39, 0.29) is 5.91 Å². The number of nitrogens with one attached hydrogen (secondary N) is 2. The monoisotopic (exact) mass is 259 g/mol. The maximum Gasteiger partial charge on any atom is 0.270 e. The van der Waals surface area contributed by atoms with E-state index in [0.29, 0.717) is 12.2 Å². The molecule has 2 N–H and O–H groups in total. The van der Waals surface area contributed by atoms with E-state index in [1.54, 1.807) is 24.8 Å². The minimum Gasteiger partial charge on any atom is -0.472 e. The molecule has 5 nitrogen and oxygen atoms in total. The van der Waals surface area contributed by atoms with Gasteiger partial charge in [0.25, 0.3) is 5.91 Å². The van der Waals surface area contributed by atoms with Crippen LogP contribution in [0.15, 0.2) is 41.3 Å². The van der Waals surface area contributed by atoms with Gasteiger partial charge in [0.2, 0.25) is 0 Å². The van der Waals surface area contributed by atoms with Crippen molar-refractivity contribution in [2.45, 2.75) is 19.9 Å². The molecule has 0 saturated carbocycles. The fourth-order valence-electron chi connectivity index (χ4n) is 1.60. The number of nitrogens with zero attached hydrogens (tertiary/aromatic N) is 1. The lowest BCUT2D eigenvalue weighted by Gasteiger charge is -2.07. The first-order valence-electron chi connectivity index (χ1n) is 6.29. The van der Waals surface area contributed by atoms with Gasteiger partial charge in [-0.1, -0.05) is 6.92 Å². The summed E-state index contributed by atoms with van der Waals surface area (Å²) < 4.78 is 4.94. The number of carbonyl (C=O) groups excluding carboxylic acids is 1. The van der Waals surface area contributed by atoms with Gasteiger partial charge in [-0.2, -0.15) is 0 Å². The largest absolute Gasteiger partial charge is 0.472 e. The maximum absolute atomic E-state index is 11.9. The van der Waals surface area contributed by atoms with Crippen molar-refractivity contribution >= 4 is 11.6 Å². The highest BCUT2D eigenvalue weighted by atomic mass is 16.3. The number of furan rings is 1. The number of anilines is 1. The van der Waals surface area contributed by atoms with Crippen molar-refractivity contribution in [2.75, 3.05) is 11.9 Å². The number of pyridine rings is 1. The van der Waals surface area contributed by atoms with Crippen LogP contribution >= 0.6 is 0 Å². The molecule has 0 aliphatic heterocycles. The van der Waals surface area contributed by atoms with Gasteiger partial charge in [0.15, 0.2) is 0 Å². The second-order valence-corrected chi connectivity index (χ2v) is 4.17. The third-order valence-electron chi connectivity index (χ3n) is 2.60. The number of hydrogen-bond acceptors (Lipinski definition) is 4. The summed E-state index contributed by atoms with van der Waals surface area (Å²) in [6, 6.07) is 5.41. The van der Waals surface area contributed by atoms with Crippen LogP contribution in [0.3, 0.4) is 0 Å². The van der Waals surface area contributed by atoms with Crippen LogP contribution in [0.25, 0.3) is 0 Å². The number of amides is 1. The molecule has 0 saturated heterocycles. The van der Waals surface area contributed by atoms with Crippen LogP contribution in [-0.4, -0.2) is 17.4 Å². The molecular formula is C14H17N3O2. The molecule has 100 valence electrons. The van der Waals surface area contributed by atoms with Crippen molar-refractivity contribution in [2.24, 2.45) is 0 Å². The fourth-order valence-corrected chi connectivity index (χ4v) is 1.60. The first-order valence-corrected chi connectivity index (χ1v) is 6.29. The number of hydrogen-bond donors (Lipinski definition) is 2. The Labute approximate surface area is 112 Å². The van der Waals surface area contributed by atoms with Crippen LogP contribution in [0.5, 0.6) is 0 Å². The molecule has 0 fully saturated rings. The van der Waals surface area contributed by atoms with Crippen molar-refractivity contribution in [1.82, 2.24) is 10.3 Å². The summed E-state index contributed by atoms with van der Waals surface area (Å²) in [7, 11) is 0. The molecule has 2 heterocycles. The van der Waals surface area contributed by atoms with E-state index >= 15 is 0 Å². The number of rotatable bonds is 6. The Morgan fingerprint density at radius 3 is 3.05 bits per heavy atom. The molecule has 5 heteroatoms. The highest BCUT2D eigenvalue weighted by molar-refractivity contribution is 5.93. The minimum absolute atomic E-state index is 0.193. The van der Waals surface area contributed by atoms with Crippen LogP contribution < -0.4 is 10.6 Å². The topological polar surface area (TPSA) is 67.2 Å². The lowest BCUT2D eigenvalue weighted by Crippen LogP contribution is -2.23. The van der Waals surface area contributed by atoms with Crippen molar-refractivity contribution in [3.63, 3.8) is 0 Å². The van der Waals surface area contributed by atoms with Crippen molar-refractivity contribution < 1.29 is 9.21 Å². The van der Waals surface area contributed by atoms with Crippen LogP contribution in [-0.2, 0) is 6.54 Å². The summed E-state index contributed by atoms with van der Waals surface area (Å²) in [6.07, 6.45) is 5.84. The van der Waals surface area contributed by atoms with E-state index in [0.717, 1.165) is 24.2 Å². The van der Waals surface area contributed by atoms with Crippen LogP contribution in [0, 0.1) is 0 Å². The Morgan fingerprint density at radius 2 is 2.32 bits per heavy atom. The van der Waals surface area contributed by atoms with E-state index in [2.05, 4.69) is 22.5 Å². The molecule has 0 aliphatic rings. The maximum atomic E-state index is 11.9. The van der Waals surface area contributed by atoms with E-state index in [1.165, 1.54) is 0 Å². The molecule has 0 atom stereocenters. The highest BCUT2D eigenvalue weighted by Crippen LogP contribution is 2.08. The predicted molar refractivity (Wildman–Crippen MR) is 72.9 cm³/mol. The standard InChI is InChI=1S/C14H17N3O2/c1-2-5-15-12-3-6-16-13(8-12)14(18)17-9-11-4-7-19-10-11/h3-4,6-8,10H,2,5,9H2,1H3,(H,15,16)(H,17,18). The summed E-state index contributed by atoms with van der Waals surface area (Å²) in [5.41, 5.74) is 2.24. The van der Waals surface area contributed by atoms with Gasteiger partial charge < -0.3 is 15.1 Å². The number of aromatic nitrogens is 1. The molecule has 0 aromatic carbocycles. The van der Waals surface area contributed by atoms with Gasteiger partial charge in [0, 0.05) is 30.5 Å². The van der Waals surface area contributed by atoms with Gasteiger partial charge >= 0.3 is 0 Å². The third kappa shape index (κ3) is 3.84. The summed E-state index contributed by atoms with van der Waals surface area (Å²) in [5.74, 6) is -0.193. The van der Waals surface area contributed by atoms with Crippen LogP contribution in [0.1, 0.15) is 29.4 Å². The SMILES string of the molecule is CCCNc1ccnc(C(=O)NCc2ccoc2)c1. The second-order valence-electron chi connectivity index (χ2n) is 4.17. The zero-order valence-electron chi connectivity index (χ0n) is 10.8. The van der Waals surface area contributed by atoms with Gasteiger partial charge in [0.1, 0.15) is 5.69 Å². The van der Waals surface area contributed by atoms with E-state index < -0.39 is 0 Å². The molecule has 0 radical (unpaired) electrons. The Kier molecular flexibility index (Phi) is 4.55. The Balaban J connectivity index is 1.94. The Hall–Kier alpha value is -2.30. The second kappa shape index (κ2) is 6.58. The van der Waals surface area contributed by atoms with Crippen molar-refractivity contribution in [1.29, 1.82) is 0 Å². The first-order chi connectivity index (χ1) is 9.29. The summed E-state index contributed by atoms with van der Waals surface area (Å²) in [6.45, 7) is 3.40. The molecule has 19 heavy (non-hydrogen) atoms. The zero-order chi connectivity index (χ0) is 13.5. The van der Waals surface area contributed by atoms with Gasteiger partial charge in [-0.3, -0.25) is 9.78 Å². The molecule has 0 aliphatic carbocycles. The molecule has 1 amide bonds. The average molecular weight is 259 g/mol. The van der Waals surface area contributed by atoms with Crippen molar-refractivity contribution in [3.8, 4) is 0 Å². The predicted octanol–water partition coefficient (Wildman–Crippen LogP) is 2.43. The summed E-state index contributed by atoms with van der Waals surface area (Å²) >= 11 is 0. The van der Waals surface area contributed by atoms with E-state index in [4.69, 9.17) is 4.42 Å². The van der Waals surface area contributed by atoms with Gasteiger partial charge in [0.05, 0.1) is 12.5 Å². The zero-order valence-corrected chi connectivity index (χ0v) is 10.8. The van der Waals surface area contributed by atoms with Crippen LogP contribution in [0.4, 0.5) is 5.69 Å². The highest BCUT2D eigenvalue weighted by Gasteiger charge is 2.07. The van der Waals surface area contributed by atoms with Gasteiger partial charge in [-0.15, -0.1) is 0 Å². The number of carbonyl (C=O) groups is 1. The van der Waals surface area contributed by atoms with Gasteiger partial charge in [-0.25, -0.2) is 0 Å². The lowest BCUT2D eigenvalue weighted by molar-refractivity contribution is 0.0946. The van der Waals surface area contributed by atoms with E-state index in [9.17, 15) is 4.79 Å². The van der Waals surface area contributed by atoms with E-state index in [1.807, 2.05) is 12.1 Å². The fraction of sp³-hybridized carbons (Fsp3) is 0.286. The molecule has 2 aromatic heterocycles. The summed E-state index contributed by atoms with van der Waals surface area (Å²) in [5, 5.41) is 6.02. The Bertz CT molecular complexity index is 523. The quantitative estimate of drug-likeness (QED) is 0.836. The summed E-state index contributed by atoms with van der Waals surface area (Å²) in [4.78, 5) is 16.0. The van der Waals surface area contributed by atoms with Crippen molar-refractivity contribution in [3.05, 3.63) is 48.2 Å². The smallest absolute Gasteiger partial charge is 0.270 e. The van der Waals surface area contributed by atoms with Gasteiger partial charge in [-0.05, 0) is 24.6 Å². The molecule has 2 rings (SSSR count). The first kappa shape index (κ1) is 13.1.